The zero-order valence-electron chi connectivity index (χ0n) is 15.8. The Kier molecular flexibility index (Phi) is 4.07. The minimum atomic E-state index is -1.23. The standard InChI is InChI=1S/C20H16F3N5O2/c1-27-20(29)30-19(26-27)9-2-3-28-17-8-15(24)11(6-16(17)25-18(28)4-9)10-5-13(22)14(23)7-12(10)21/h2-5,7,11,15H,6,8,24H2,1H3. The van der Waals surface area contributed by atoms with Crippen LogP contribution in [0.3, 0.4) is 0 Å². The first kappa shape index (κ1) is 18.6. The first-order chi connectivity index (χ1) is 14.3. The smallest absolute Gasteiger partial charge is 0.388 e. The Morgan fingerprint density at radius 2 is 1.90 bits per heavy atom. The van der Waals surface area contributed by atoms with Gasteiger partial charge in [0.15, 0.2) is 11.6 Å². The van der Waals surface area contributed by atoms with Gasteiger partial charge in [-0.3, -0.25) is 0 Å². The summed E-state index contributed by atoms with van der Waals surface area (Å²) < 4.78 is 49.4. The molecule has 1 aromatic carbocycles. The summed E-state index contributed by atoms with van der Waals surface area (Å²) in [5.74, 6) is -4.11. The van der Waals surface area contributed by atoms with E-state index in [1.54, 1.807) is 18.3 Å². The summed E-state index contributed by atoms with van der Waals surface area (Å²) in [7, 11) is 1.49. The minimum Gasteiger partial charge on any atom is -0.388 e. The van der Waals surface area contributed by atoms with Crippen LogP contribution in [-0.4, -0.2) is 25.2 Å². The fourth-order valence-corrected chi connectivity index (χ4v) is 4.01. The van der Waals surface area contributed by atoms with Crippen molar-refractivity contribution >= 4 is 5.65 Å². The molecule has 10 heteroatoms. The molecule has 0 aliphatic heterocycles. The van der Waals surface area contributed by atoms with Crippen molar-refractivity contribution in [1.29, 1.82) is 0 Å². The molecule has 0 spiro atoms. The van der Waals surface area contributed by atoms with Crippen molar-refractivity contribution < 1.29 is 17.6 Å². The summed E-state index contributed by atoms with van der Waals surface area (Å²) in [6.45, 7) is 0. The maximum Gasteiger partial charge on any atom is 0.437 e. The van der Waals surface area contributed by atoms with Gasteiger partial charge in [-0.1, -0.05) is 0 Å². The van der Waals surface area contributed by atoms with E-state index >= 15 is 0 Å². The molecule has 0 radical (unpaired) electrons. The van der Waals surface area contributed by atoms with Gasteiger partial charge in [0, 0.05) is 48.9 Å². The molecule has 0 amide bonds. The van der Waals surface area contributed by atoms with Gasteiger partial charge in [0.25, 0.3) is 0 Å². The maximum absolute atomic E-state index is 14.3. The number of aromatic nitrogens is 4. The first-order valence-corrected chi connectivity index (χ1v) is 9.26. The second-order valence-corrected chi connectivity index (χ2v) is 7.41. The van der Waals surface area contributed by atoms with Crippen molar-refractivity contribution in [2.45, 2.75) is 24.8 Å². The Hall–Kier alpha value is -3.40. The molecule has 2 unspecified atom stereocenters. The number of nitrogens with two attached hydrogens (primary N) is 1. The number of imidazole rings is 1. The van der Waals surface area contributed by atoms with E-state index in [0.717, 1.165) is 16.4 Å². The second kappa shape index (κ2) is 6.56. The Balaban J connectivity index is 1.55. The van der Waals surface area contributed by atoms with Gasteiger partial charge in [0.1, 0.15) is 11.5 Å². The van der Waals surface area contributed by atoms with Crippen LogP contribution in [-0.2, 0) is 19.9 Å². The topological polar surface area (TPSA) is 91.3 Å². The lowest BCUT2D eigenvalue weighted by Gasteiger charge is -2.29. The van der Waals surface area contributed by atoms with Crippen molar-refractivity contribution in [3.63, 3.8) is 0 Å². The van der Waals surface area contributed by atoms with Crippen LogP contribution < -0.4 is 11.5 Å². The van der Waals surface area contributed by atoms with Crippen LogP contribution in [0.4, 0.5) is 13.2 Å². The Morgan fingerprint density at radius 1 is 1.13 bits per heavy atom. The van der Waals surface area contributed by atoms with Crippen LogP contribution in [0.15, 0.2) is 39.7 Å². The summed E-state index contributed by atoms with van der Waals surface area (Å²) in [4.78, 5) is 16.1. The highest BCUT2D eigenvalue weighted by molar-refractivity contribution is 5.61. The Bertz CT molecular complexity index is 1360. The number of benzene rings is 1. The average Bonchev–Trinajstić information content (AvgIpc) is 3.23. The molecule has 3 heterocycles. The van der Waals surface area contributed by atoms with Crippen LogP contribution in [0.25, 0.3) is 17.1 Å². The molecule has 5 rings (SSSR count). The molecule has 1 aliphatic carbocycles. The summed E-state index contributed by atoms with van der Waals surface area (Å²) in [6.07, 6.45) is 2.45. The normalized spacial score (nSPS) is 18.7. The Labute approximate surface area is 167 Å². The number of pyridine rings is 1. The molecule has 7 nitrogen and oxygen atoms in total. The molecule has 2 N–H and O–H groups in total. The summed E-state index contributed by atoms with van der Waals surface area (Å²) >= 11 is 0. The van der Waals surface area contributed by atoms with Crippen LogP contribution >= 0.6 is 0 Å². The molecule has 3 aromatic heterocycles. The van der Waals surface area contributed by atoms with Gasteiger partial charge in [-0.05, 0) is 30.2 Å². The van der Waals surface area contributed by atoms with Crippen LogP contribution in [0, 0.1) is 17.5 Å². The van der Waals surface area contributed by atoms with Gasteiger partial charge in [-0.2, -0.15) is 4.68 Å². The minimum absolute atomic E-state index is 0.0417. The van der Waals surface area contributed by atoms with E-state index in [1.807, 2.05) is 4.40 Å². The molecular weight excluding hydrogens is 399 g/mol. The maximum atomic E-state index is 14.3. The van der Waals surface area contributed by atoms with Gasteiger partial charge in [-0.15, -0.1) is 5.10 Å². The number of hydrogen-bond donors (Lipinski definition) is 1. The first-order valence-electron chi connectivity index (χ1n) is 9.26. The van der Waals surface area contributed by atoms with E-state index in [1.165, 1.54) is 7.05 Å². The van der Waals surface area contributed by atoms with Gasteiger partial charge in [-0.25, -0.2) is 22.9 Å². The van der Waals surface area contributed by atoms with Crippen LogP contribution in [0.2, 0.25) is 0 Å². The number of nitrogens with zero attached hydrogens (tertiary/aromatic N) is 4. The van der Waals surface area contributed by atoms with E-state index < -0.39 is 35.2 Å². The molecule has 2 atom stereocenters. The number of hydrogen-bond acceptors (Lipinski definition) is 5. The fourth-order valence-electron chi connectivity index (χ4n) is 4.01. The molecule has 0 saturated heterocycles. The van der Waals surface area contributed by atoms with Crippen molar-refractivity contribution in [3.8, 4) is 11.5 Å². The average molecular weight is 415 g/mol. The quantitative estimate of drug-likeness (QED) is 0.508. The van der Waals surface area contributed by atoms with E-state index in [9.17, 15) is 18.0 Å². The summed E-state index contributed by atoms with van der Waals surface area (Å²) in [5.41, 5.74) is 9.06. The van der Waals surface area contributed by atoms with E-state index in [2.05, 4.69) is 10.1 Å². The molecule has 154 valence electrons. The lowest BCUT2D eigenvalue weighted by atomic mass is 9.80. The third-order valence-corrected chi connectivity index (χ3v) is 5.54. The molecule has 30 heavy (non-hydrogen) atoms. The van der Waals surface area contributed by atoms with Gasteiger partial charge in [0.2, 0.25) is 5.89 Å². The Morgan fingerprint density at radius 3 is 2.63 bits per heavy atom. The molecule has 0 saturated carbocycles. The second-order valence-electron chi connectivity index (χ2n) is 7.41. The van der Waals surface area contributed by atoms with E-state index in [0.29, 0.717) is 29.4 Å². The van der Waals surface area contributed by atoms with Crippen molar-refractivity contribution in [2.75, 3.05) is 0 Å². The summed E-state index contributed by atoms with van der Waals surface area (Å²) in [5, 5.41) is 4.03. The number of halogens is 3. The highest BCUT2D eigenvalue weighted by Gasteiger charge is 2.33. The van der Waals surface area contributed by atoms with Crippen molar-refractivity contribution in [2.24, 2.45) is 12.8 Å². The van der Waals surface area contributed by atoms with Crippen molar-refractivity contribution in [1.82, 2.24) is 19.2 Å². The predicted octanol–water partition coefficient (Wildman–Crippen LogP) is 2.32. The molecular formula is C20H16F3N5O2. The van der Waals surface area contributed by atoms with Gasteiger partial charge in [0.05, 0.1) is 5.69 Å². The zero-order valence-corrected chi connectivity index (χ0v) is 15.8. The third-order valence-electron chi connectivity index (χ3n) is 5.54. The van der Waals surface area contributed by atoms with Crippen LogP contribution in [0.1, 0.15) is 22.9 Å². The van der Waals surface area contributed by atoms with Crippen LogP contribution in [0.5, 0.6) is 0 Å². The van der Waals surface area contributed by atoms with Gasteiger partial charge >= 0.3 is 5.76 Å². The molecule has 0 bridgehead atoms. The number of rotatable bonds is 2. The number of aryl methyl sites for hydroxylation is 1. The van der Waals surface area contributed by atoms with E-state index in [4.69, 9.17) is 10.2 Å². The molecule has 1 aliphatic rings. The number of fused-ring (bicyclic) bond motifs is 3. The lowest BCUT2D eigenvalue weighted by Crippen LogP contribution is -2.37. The SMILES string of the molecule is Cn1nc(-c2ccn3c4c(nc3c2)CC(c2cc(F)c(F)cc2F)C(N)C4)oc1=O. The third kappa shape index (κ3) is 2.83. The molecule has 0 fully saturated rings. The zero-order chi connectivity index (χ0) is 21.2. The lowest BCUT2D eigenvalue weighted by molar-refractivity contribution is 0.446. The predicted molar refractivity (Wildman–Crippen MR) is 100 cm³/mol. The van der Waals surface area contributed by atoms with Gasteiger partial charge < -0.3 is 14.6 Å². The summed E-state index contributed by atoms with van der Waals surface area (Å²) in [6, 6.07) is 4.39. The monoisotopic (exact) mass is 415 g/mol. The van der Waals surface area contributed by atoms with E-state index in [-0.39, 0.29) is 17.9 Å². The largest absolute Gasteiger partial charge is 0.437 e. The molecule has 4 aromatic rings. The highest BCUT2D eigenvalue weighted by atomic mass is 19.2. The van der Waals surface area contributed by atoms with Crippen molar-refractivity contribution in [3.05, 3.63) is 75.4 Å². The fraction of sp³-hybridized carbons (Fsp3) is 0.250. The highest BCUT2D eigenvalue weighted by Crippen LogP contribution is 2.35.